The summed E-state index contributed by atoms with van der Waals surface area (Å²) < 4.78 is 4.48. The Morgan fingerprint density at radius 2 is 2.22 bits per heavy atom. The molecule has 3 nitrogen and oxygen atoms in total. The van der Waals surface area contributed by atoms with E-state index in [1.165, 1.54) is 18.2 Å². The van der Waals surface area contributed by atoms with Gasteiger partial charge in [0.2, 0.25) is 0 Å². The van der Waals surface area contributed by atoms with Crippen LogP contribution in [0.3, 0.4) is 0 Å². The van der Waals surface area contributed by atoms with Gasteiger partial charge in [0, 0.05) is 12.2 Å². The Balaban J connectivity index is 2.70. The van der Waals surface area contributed by atoms with Crippen molar-refractivity contribution >= 4 is 12.3 Å². The molecule has 1 aliphatic rings. The maximum absolute atomic E-state index is 10.3. The van der Waals surface area contributed by atoms with E-state index in [0.717, 1.165) is 0 Å². The highest BCUT2D eigenvalue weighted by molar-refractivity contribution is 5.87. The summed E-state index contributed by atoms with van der Waals surface area (Å²) in [5.41, 5.74) is 0. The third kappa shape index (κ3) is 1.25. The number of carbonyl (C=O) groups excluding carboxylic acids is 2. The van der Waals surface area contributed by atoms with Crippen LogP contribution in [0, 0.1) is 0 Å². The summed E-state index contributed by atoms with van der Waals surface area (Å²) in [6, 6.07) is 0. The van der Waals surface area contributed by atoms with E-state index in [-0.39, 0.29) is 0 Å². The van der Waals surface area contributed by atoms with E-state index in [1.54, 1.807) is 0 Å². The molecule has 0 radical (unpaired) electrons. The molecule has 0 amide bonds. The third-order valence-electron chi connectivity index (χ3n) is 0.834. The number of ether oxygens (including phenoxy) is 1. The topological polar surface area (TPSA) is 43.4 Å². The molecule has 0 aliphatic carbocycles. The lowest BCUT2D eigenvalue weighted by molar-refractivity contribution is -0.132. The first-order valence-electron chi connectivity index (χ1n) is 2.38. The van der Waals surface area contributed by atoms with Crippen LogP contribution < -0.4 is 0 Å². The van der Waals surface area contributed by atoms with E-state index < -0.39 is 5.97 Å². The van der Waals surface area contributed by atoms with Crippen LogP contribution in [0.15, 0.2) is 24.0 Å². The summed E-state index contributed by atoms with van der Waals surface area (Å²) in [5, 5.41) is 0. The maximum Gasteiger partial charge on any atom is 0.336 e. The summed E-state index contributed by atoms with van der Waals surface area (Å²) in [6.07, 6.45) is 4.45. The highest BCUT2D eigenvalue weighted by Crippen LogP contribution is 2.06. The molecule has 0 aromatic rings. The summed E-state index contributed by atoms with van der Waals surface area (Å²) in [6.45, 7) is 0. The number of hydrogen-bond acceptors (Lipinski definition) is 3. The molecule has 0 saturated heterocycles. The van der Waals surface area contributed by atoms with Crippen molar-refractivity contribution in [1.82, 2.24) is 0 Å². The molecule has 1 aliphatic heterocycles. The van der Waals surface area contributed by atoms with Gasteiger partial charge in [-0.3, -0.25) is 4.79 Å². The first-order chi connectivity index (χ1) is 4.33. The van der Waals surface area contributed by atoms with Crippen molar-refractivity contribution in [1.29, 1.82) is 0 Å². The molecule has 0 aromatic carbocycles. The quantitative estimate of drug-likeness (QED) is 0.284. The highest BCUT2D eigenvalue weighted by atomic mass is 16.5. The Hall–Kier alpha value is -1.38. The lowest BCUT2D eigenvalue weighted by atomic mass is 10.4. The van der Waals surface area contributed by atoms with Crippen molar-refractivity contribution < 1.29 is 14.3 Å². The van der Waals surface area contributed by atoms with E-state index in [1.807, 2.05) is 0 Å². The molecule has 0 aromatic heterocycles. The molecule has 0 saturated carbocycles. The monoisotopic (exact) mass is 124 g/mol. The van der Waals surface area contributed by atoms with Gasteiger partial charge in [0.25, 0.3) is 0 Å². The van der Waals surface area contributed by atoms with Gasteiger partial charge in [-0.1, -0.05) is 0 Å². The lowest BCUT2D eigenvalue weighted by Crippen LogP contribution is -1.89. The molecule has 0 bridgehead atoms. The molecule has 3 heteroatoms. The SMILES string of the molecule is O=C/C=C1/C=CC(=O)O1. The fourth-order valence-corrected chi connectivity index (χ4v) is 0.491. The van der Waals surface area contributed by atoms with Crippen LogP contribution in [-0.4, -0.2) is 12.3 Å². The van der Waals surface area contributed by atoms with E-state index in [0.29, 0.717) is 12.0 Å². The summed E-state index contributed by atoms with van der Waals surface area (Å²) >= 11 is 0. The van der Waals surface area contributed by atoms with Gasteiger partial charge in [0.05, 0.1) is 0 Å². The van der Waals surface area contributed by atoms with E-state index >= 15 is 0 Å². The lowest BCUT2D eigenvalue weighted by Gasteiger charge is -1.88. The standard InChI is InChI=1S/C6H4O3/c7-4-3-5-1-2-6(8)9-5/h1-4H/b5-3-. The van der Waals surface area contributed by atoms with Crippen LogP contribution in [0.2, 0.25) is 0 Å². The van der Waals surface area contributed by atoms with Crippen molar-refractivity contribution in [2.24, 2.45) is 0 Å². The Kier molecular flexibility index (Phi) is 1.44. The van der Waals surface area contributed by atoms with Crippen LogP contribution >= 0.6 is 0 Å². The van der Waals surface area contributed by atoms with E-state index in [4.69, 9.17) is 0 Å². The first-order valence-corrected chi connectivity index (χ1v) is 2.38. The van der Waals surface area contributed by atoms with Gasteiger partial charge in [-0.2, -0.15) is 0 Å². The van der Waals surface area contributed by atoms with Crippen LogP contribution in [0.1, 0.15) is 0 Å². The summed E-state index contributed by atoms with van der Waals surface area (Å²) in [4.78, 5) is 20.0. The Morgan fingerprint density at radius 3 is 2.67 bits per heavy atom. The van der Waals surface area contributed by atoms with Gasteiger partial charge in [-0.05, 0) is 6.08 Å². The van der Waals surface area contributed by atoms with Crippen molar-refractivity contribution in [3.8, 4) is 0 Å². The van der Waals surface area contributed by atoms with E-state index in [9.17, 15) is 9.59 Å². The smallest absolute Gasteiger partial charge is 0.336 e. The molecular weight excluding hydrogens is 120 g/mol. The minimum atomic E-state index is -0.428. The van der Waals surface area contributed by atoms with Gasteiger partial charge >= 0.3 is 5.97 Å². The molecular formula is C6H4O3. The van der Waals surface area contributed by atoms with Crippen molar-refractivity contribution in [2.45, 2.75) is 0 Å². The number of cyclic esters (lactones) is 1. The minimum absolute atomic E-state index is 0.301. The van der Waals surface area contributed by atoms with Gasteiger partial charge in [-0.25, -0.2) is 4.79 Å². The Morgan fingerprint density at radius 1 is 1.44 bits per heavy atom. The van der Waals surface area contributed by atoms with E-state index in [2.05, 4.69) is 4.74 Å². The molecule has 1 heterocycles. The van der Waals surface area contributed by atoms with Gasteiger partial charge < -0.3 is 4.74 Å². The van der Waals surface area contributed by atoms with Crippen molar-refractivity contribution in [3.63, 3.8) is 0 Å². The average molecular weight is 124 g/mol. The number of allylic oxidation sites excluding steroid dienone is 2. The molecule has 0 fully saturated rings. The highest BCUT2D eigenvalue weighted by Gasteiger charge is 2.07. The van der Waals surface area contributed by atoms with Crippen molar-refractivity contribution in [3.05, 3.63) is 24.0 Å². The maximum atomic E-state index is 10.3. The second kappa shape index (κ2) is 2.26. The van der Waals surface area contributed by atoms with Crippen molar-refractivity contribution in [2.75, 3.05) is 0 Å². The van der Waals surface area contributed by atoms with Gasteiger partial charge in [0.1, 0.15) is 12.0 Å². The number of esters is 1. The van der Waals surface area contributed by atoms with Crippen LogP contribution in [-0.2, 0) is 14.3 Å². The molecule has 0 unspecified atom stereocenters. The second-order valence-electron chi connectivity index (χ2n) is 1.46. The average Bonchev–Trinajstić information content (AvgIpc) is 2.17. The second-order valence-corrected chi connectivity index (χ2v) is 1.46. The third-order valence-corrected chi connectivity index (χ3v) is 0.834. The van der Waals surface area contributed by atoms with Crippen LogP contribution in [0.25, 0.3) is 0 Å². The normalized spacial score (nSPS) is 20.4. The minimum Gasteiger partial charge on any atom is -0.423 e. The molecule has 0 N–H and O–H groups in total. The first kappa shape index (κ1) is 5.75. The summed E-state index contributed by atoms with van der Waals surface area (Å²) in [5.74, 6) is -0.127. The van der Waals surface area contributed by atoms with Crippen LogP contribution in [0.4, 0.5) is 0 Å². The Bertz CT molecular complexity index is 200. The number of rotatable bonds is 1. The predicted molar refractivity (Wildman–Crippen MR) is 29.4 cm³/mol. The molecule has 46 valence electrons. The molecule has 0 atom stereocenters. The van der Waals surface area contributed by atoms with Gasteiger partial charge in [-0.15, -0.1) is 0 Å². The fraction of sp³-hybridized carbons (Fsp3) is 0. The number of carbonyl (C=O) groups is 2. The summed E-state index contributed by atoms with van der Waals surface area (Å²) in [7, 11) is 0. The molecule has 0 spiro atoms. The van der Waals surface area contributed by atoms with Gasteiger partial charge in [0.15, 0.2) is 0 Å². The Labute approximate surface area is 51.6 Å². The molecule has 1 rings (SSSR count). The zero-order valence-corrected chi connectivity index (χ0v) is 4.53. The fourth-order valence-electron chi connectivity index (χ4n) is 0.491. The zero-order chi connectivity index (χ0) is 6.69. The number of hydrogen-bond donors (Lipinski definition) is 0. The van der Waals surface area contributed by atoms with Crippen LogP contribution in [0.5, 0.6) is 0 Å². The predicted octanol–water partition coefficient (Wildman–Crippen LogP) is 0.182. The number of aldehydes is 1. The molecule has 9 heavy (non-hydrogen) atoms. The zero-order valence-electron chi connectivity index (χ0n) is 4.53. The largest absolute Gasteiger partial charge is 0.423 e.